The first-order valence-electron chi connectivity index (χ1n) is 12.7. The summed E-state index contributed by atoms with van der Waals surface area (Å²) < 4.78 is 11.9. The summed E-state index contributed by atoms with van der Waals surface area (Å²) in [6.45, 7) is 4.87. The predicted octanol–water partition coefficient (Wildman–Crippen LogP) is 2.08. The van der Waals surface area contributed by atoms with Gasteiger partial charge in [-0.1, -0.05) is 38.1 Å². The Morgan fingerprint density at radius 2 is 1.67 bits per heavy atom. The minimum absolute atomic E-state index is 0. The summed E-state index contributed by atoms with van der Waals surface area (Å²) in [7, 11) is 0. The number of fused-ring (bicyclic) bond motifs is 3. The first kappa shape index (κ1) is 29.1. The van der Waals surface area contributed by atoms with Crippen LogP contribution in [0.25, 0.3) is 0 Å². The lowest BCUT2D eigenvalue weighted by Gasteiger charge is -2.42. The van der Waals surface area contributed by atoms with E-state index in [2.05, 4.69) is 0 Å². The quantitative estimate of drug-likeness (QED) is 0.296. The molecule has 0 spiro atoms. The van der Waals surface area contributed by atoms with Gasteiger partial charge >= 0.3 is 0 Å². The normalized spacial score (nSPS) is 29.8. The molecule has 0 unspecified atom stereocenters. The number of hydrogen-bond donors (Lipinski definition) is 5. The van der Waals surface area contributed by atoms with Gasteiger partial charge in [0.25, 0.3) is 0 Å². The van der Waals surface area contributed by atoms with Crippen LogP contribution in [0.1, 0.15) is 82.7 Å². The topological polar surface area (TPSA) is 177 Å². The SMILES string of the molecule is CC(C)C(=O)[C@]1(O)Cc2c(O)c3c(c(O)c2[C@@H](O[C@@H]2C[C@@H](N)[C@@H](O)[C@@H](C)O2)C1)C(=O)c1ccccc1C3=O.Cl. The van der Waals surface area contributed by atoms with Crippen LogP contribution in [0.5, 0.6) is 11.5 Å². The van der Waals surface area contributed by atoms with Gasteiger partial charge in [-0.3, -0.25) is 14.4 Å². The third-order valence-electron chi connectivity index (χ3n) is 7.82. The average molecular weight is 562 g/mol. The lowest BCUT2D eigenvalue weighted by molar-refractivity contribution is -0.247. The number of ether oxygens (including phenoxy) is 2. The Kier molecular flexibility index (Phi) is 7.67. The smallest absolute Gasteiger partial charge is 0.198 e. The number of aliphatic hydroxyl groups is 2. The lowest BCUT2D eigenvalue weighted by atomic mass is 9.70. The zero-order valence-corrected chi connectivity index (χ0v) is 22.5. The van der Waals surface area contributed by atoms with Crippen molar-refractivity contribution in [2.45, 2.75) is 76.3 Å². The van der Waals surface area contributed by atoms with E-state index in [0.29, 0.717) is 0 Å². The Balaban J connectivity index is 0.00000353. The van der Waals surface area contributed by atoms with Gasteiger partial charge in [0.05, 0.1) is 29.4 Å². The number of rotatable bonds is 4. The van der Waals surface area contributed by atoms with Crippen LogP contribution in [-0.4, -0.2) is 67.9 Å². The molecule has 6 atom stereocenters. The van der Waals surface area contributed by atoms with Crippen molar-refractivity contribution in [3.63, 3.8) is 0 Å². The Bertz CT molecular complexity index is 1350. The van der Waals surface area contributed by atoms with E-state index in [4.69, 9.17) is 15.2 Å². The van der Waals surface area contributed by atoms with Crippen LogP contribution in [0.2, 0.25) is 0 Å². The van der Waals surface area contributed by atoms with Crippen LogP contribution in [0.3, 0.4) is 0 Å². The highest BCUT2D eigenvalue weighted by Gasteiger charge is 2.50. The minimum Gasteiger partial charge on any atom is -0.507 e. The highest BCUT2D eigenvalue weighted by Crippen LogP contribution is 2.52. The Morgan fingerprint density at radius 3 is 2.21 bits per heavy atom. The van der Waals surface area contributed by atoms with Gasteiger partial charge in [-0.2, -0.15) is 0 Å². The summed E-state index contributed by atoms with van der Waals surface area (Å²) >= 11 is 0. The fourth-order valence-corrected chi connectivity index (χ4v) is 5.88. The second kappa shape index (κ2) is 10.3. The number of nitrogens with two attached hydrogens (primary N) is 1. The third kappa shape index (κ3) is 4.55. The Labute approximate surface area is 231 Å². The number of aromatic hydroxyl groups is 2. The molecular weight excluding hydrogens is 530 g/mol. The summed E-state index contributed by atoms with van der Waals surface area (Å²) in [6.07, 6.45) is -4.40. The Hall–Kier alpha value is -2.86. The molecule has 0 saturated carbocycles. The molecule has 0 bridgehead atoms. The van der Waals surface area contributed by atoms with Gasteiger partial charge in [-0.25, -0.2) is 0 Å². The molecule has 6 N–H and O–H groups in total. The molecule has 39 heavy (non-hydrogen) atoms. The molecule has 5 rings (SSSR count). The van der Waals surface area contributed by atoms with Crippen molar-refractivity contribution in [3.05, 3.63) is 57.6 Å². The summed E-state index contributed by atoms with van der Waals surface area (Å²) in [5, 5.41) is 44.5. The highest BCUT2D eigenvalue weighted by atomic mass is 35.5. The van der Waals surface area contributed by atoms with E-state index in [-0.39, 0.29) is 58.6 Å². The van der Waals surface area contributed by atoms with Crippen molar-refractivity contribution in [2.75, 3.05) is 0 Å². The number of benzene rings is 2. The third-order valence-corrected chi connectivity index (χ3v) is 7.82. The average Bonchev–Trinajstić information content (AvgIpc) is 2.87. The number of aliphatic hydroxyl groups excluding tert-OH is 1. The van der Waals surface area contributed by atoms with E-state index >= 15 is 0 Å². The van der Waals surface area contributed by atoms with Crippen molar-refractivity contribution >= 4 is 29.8 Å². The van der Waals surface area contributed by atoms with Crippen LogP contribution >= 0.6 is 12.4 Å². The van der Waals surface area contributed by atoms with Gasteiger partial charge in [0.1, 0.15) is 17.1 Å². The molecule has 1 aliphatic heterocycles. The molecule has 3 aliphatic rings. The summed E-state index contributed by atoms with van der Waals surface area (Å²) in [5.74, 6) is -3.52. The molecule has 0 radical (unpaired) electrons. The first-order valence-corrected chi connectivity index (χ1v) is 12.7. The Morgan fingerprint density at radius 1 is 1.10 bits per heavy atom. The molecule has 1 heterocycles. The van der Waals surface area contributed by atoms with Crippen molar-refractivity contribution in [1.82, 2.24) is 0 Å². The molecule has 11 heteroatoms. The van der Waals surface area contributed by atoms with Crippen molar-refractivity contribution in [3.8, 4) is 11.5 Å². The standard InChI is InChI=1S/C28H31NO9.ClH/c1-11(2)27(35)28(36)9-15-19(17(10-28)38-18-8-16(29)22(30)12(3)37-18)26(34)21-20(25(15)33)23(31)13-6-4-5-7-14(13)24(21)32;/h4-7,11-12,16-18,22,30,33-34,36H,8-10,29H2,1-3H3;1H/t12-,16-,17+,18-,22+,28+;/m1./s1. The van der Waals surface area contributed by atoms with E-state index in [1.165, 1.54) is 12.1 Å². The molecule has 0 amide bonds. The fraction of sp³-hybridized carbons (Fsp3) is 0.464. The van der Waals surface area contributed by atoms with Gasteiger partial charge in [-0.15, -0.1) is 12.4 Å². The van der Waals surface area contributed by atoms with Gasteiger partial charge in [0.2, 0.25) is 0 Å². The van der Waals surface area contributed by atoms with Crippen molar-refractivity contribution < 1.29 is 44.3 Å². The van der Waals surface area contributed by atoms with Gasteiger partial charge < -0.3 is 35.6 Å². The molecule has 0 aromatic heterocycles. The van der Waals surface area contributed by atoms with E-state index in [1.54, 1.807) is 32.9 Å². The van der Waals surface area contributed by atoms with E-state index < -0.39 is 77.4 Å². The van der Waals surface area contributed by atoms with Gasteiger partial charge in [-0.05, 0) is 6.92 Å². The second-order valence-electron chi connectivity index (χ2n) is 10.8. The van der Waals surface area contributed by atoms with Crippen LogP contribution in [-0.2, 0) is 20.7 Å². The minimum atomic E-state index is -1.99. The van der Waals surface area contributed by atoms with E-state index in [9.17, 15) is 34.8 Å². The first-order chi connectivity index (χ1) is 17.9. The number of carbonyl (C=O) groups excluding carboxylic acids is 3. The number of phenols is 2. The number of phenolic OH excluding ortho intramolecular Hbond substituents is 2. The number of carbonyl (C=O) groups is 3. The highest BCUT2D eigenvalue weighted by molar-refractivity contribution is 6.30. The molecule has 1 saturated heterocycles. The zero-order chi connectivity index (χ0) is 27.7. The fourth-order valence-electron chi connectivity index (χ4n) is 5.88. The van der Waals surface area contributed by atoms with E-state index in [1.807, 2.05) is 0 Å². The van der Waals surface area contributed by atoms with Crippen molar-refractivity contribution in [2.24, 2.45) is 11.7 Å². The summed E-state index contributed by atoms with van der Waals surface area (Å²) in [5.41, 5.74) is 3.42. The number of halogens is 1. The molecule has 210 valence electrons. The maximum atomic E-state index is 13.4. The zero-order valence-electron chi connectivity index (χ0n) is 21.7. The van der Waals surface area contributed by atoms with Crippen LogP contribution in [0, 0.1) is 5.92 Å². The van der Waals surface area contributed by atoms with Gasteiger partial charge in [0, 0.05) is 53.5 Å². The predicted molar refractivity (Wildman–Crippen MR) is 140 cm³/mol. The second-order valence-corrected chi connectivity index (χ2v) is 10.8. The molecule has 2 aromatic rings. The largest absolute Gasteiger partial charge is 0.507 e. The van der Waals surface area contributed by atoms with E-state index in [0.717, 1.165) is 0 Å². The maximum absolute atomic E-state index is 13.4. The van der Waals surface area contributed by atoms with Crippen LogP contribution in [0.4, 0.5) is 0 Å². The molecule has 2 aromatic carbocycles. The van der Waals surface area contributed by atoms with Crippen molar-refractivity contribution in [1.29, 1.82) is 0 Å². The summed E-state index contributed by atoms with van der Waals surface area (Å²) in [4.78, 5) is 39.9. The van der Waals surface area contributed by atoms with Gasteiger partial charge in [0.15, 0.2) is 23.6 Å². The number of ketones is 3. The van der Waals surface area contributed by atoms with Crippen LogP contribution in [0.15, 0.2) is 24.3 Å². The molecular formula is C28H32ClNO9. The molecule has 1 fully saturated rings. The molecule has 2 aliphatic carbocycles. The number of hydrogen-bond acceptors (Lipinski definition) is 10. The maximum Gasteiger partial charge on any atom is 0.198 e. The lowest BCUT2D eigenvalue weighted by Crippen LogP contribution is -2.53. The van der Waals surface area contributed by atoms with Crippen LogP contribution < -0.4 is 5.73 Å². The summed E-state index contributed by atoms with van der Waals surface area (Å²) in [6, 6.07) is 5.42. The molecule has 10 nitrogen and oxygen atoms in total. The monoisotopic (exact) mass is 561 g/mol. The number of Topliss-reactive ketones (excluding diaryl/α,β-unsaturated/α-hetero) is 1.